The summed E-state index contributed by atoms with van der Waals surface area (Å²) >= 11 is 0. The Kier molecular flexibility index (Phi) is 6.03. The third-order valence-corrected chi connectivity index (χ3v) is 4.06. The van der Waals surface area contributed by atoms with Crippen LogP contribution in [0.5, 0.6) is 5.75 Å². The van der Waals surface area contributed by atoms with Crippen LogP contribution in [0, 0.1) is 5.92 Å². The molecule has 0 aliphatic carbocycles. The summed E-state index contributed by atoms with van der Waals surface area (Å²) in [5.74, 6) is 1.72. The number of rotatable bonds is 6. The number of hydrogen-bond donors (Lipinski definition) is 1. The average Bonchev–Trinajstić information content (AvgIpc) is 2.48. The molecule has 0 bridgehead atoms. The van der Waals surface area contributed by atoms with E-state index in [9.17, 15) is 0 Å². The zero-order chi connectivity index (χ0) is 15.2. The van der Waals surface area contributed by atoms with Crippen LogP contribution in [0.15, 0.2) is 18.2 Å². The Balaban J connectivity index is 1.93. The van der Waals surface area contributed by atoms with Gasteiger partial charge in [0.1, 0.15) is 5.75 Å². The van der Waals surface area contributed by atoms with Crippen molar-refractivity contribution >= 4 is 0 Å². The fourth-order valence-electron chi connectivity index (χ4n) is 2.97. The lowest BCUT2D eigenvalue weighted by Gasteiger charge is -2.35. The van der Waals surface area contributed by atoms with Gasteiger partial charge in [-0.1, -0.05) is 19.9 Å². The van der Waals surface area contributed by atoms with Crippen LogP contribution >= 0.6 is 0 Å². The molecule has 0 unspecified atom stereocenters. The molecule has 1 aromatic carbocycles. The van der Waals surface area contributed by atoms with Gasteiger partial charge in [0.05, 0.1) is 7.11 Å². The zero-order valence-electron chi connectivity index (χ0n) is 13.6. The van der Waals surface area contributed by atoms with Gasteiger partial charge in [-0.05, 0) is 23.6 Å². The van der Waals surface area contributed by atoms with Gasteiger partial charge in [-0.25, -0.2) is 0 Å². The second kappa shape index (κ2) is 7.78. The lowest BCUT2D eigenvalue weighted by atomic mass is 10.1. The highest BCUT2D eigenvalue weighted by Crippen LogP contribution is 2.22. The number of methoxy groups -OCH3 is 1. The molecule has 1 fully saturated rings. The normalized spacial score (nSPS) is 17.4. The van der Waals surface area contributed by atoms with Crippen molar-refractivity contribution in [2.24, 2.45) is 11.7 Å². The van der Waals surface area contributed by atoms with Gasteiger partial charge in [-0.2, -0.15) is 0 Å². The van der Waals surface area contributed by atoms with Gasteiger partial charge in [0, 0.05) is 51.4 Å². The van der Waals surface area contributed by atoms with E-state index in [1.54, 1.807) is 7.11 Å². The molecule has 21 heavy (non-hydrogen) atoms. The Morgan fingerprint density at radius 1 is 1.14 bits per heavy atom. The highest BCUT2D eigenvalue weighted by Gasteiger charge is 2.18. The Labute approximate surface area is 128 Å². The van der Waals surface area contributed by atoms with Crippen molar-refractivity contribution in [3.63, 3.8) is 0 Å². The average molecular weight is 291 g/mol. The third kappa shape index (κ3) is 4.70. The molecule has 1 aromatic rings. The van der Waals surface area contributed by atoms with Crippen molar-refractivity contribution in [1.29, 1.82) is 0 Å². The maximum absolute atomic E-state index is 5.75. The van der Waals surface area contributed by atoms with Crippen LogP contribution in [0.25, 0.3) is 0 Å². The minimum atomic E-state index is 0.583. The first-order valence-electron chi connectivity index (χ1n) is 7.93. The minimum Gasteiger partial charge on any atom is -0.496 e. The summed E-state index contributed by atoms with van der Waals surface area (Å²) in [5, 5.41) is 0. The maximum Gasteiger partial charge on any atom is 0.123 e. The summed E-state index contributed by atoms with van der Waals surface area (Å²) < 4.78 is 5.48. The van der Waals surface area contributed by atoms with Crippen molar-refractivity contribution in [1.82, 2.24) is 9.80 Å². The molecule has 2 N–H and O–H groups in total. The summed E-state index contributed by atoms with van der Waals surface area (Å²) in [5.41, 5.74) is 8.17. The van der Waals surface area contributed by atoms with Crippen molar-refractivity contribution in [3.05, 3.63) is 29.3 Å². The van der Waals surface area contributed by atoms with Crippen LogP contribution in [0.1, 0.15) is 25.0 Å². The van der Waals surface area contributed by atoms with Gasteiger partial charge in [-0.15, -0.1) is 0 Å². The second-order valence-electron chi connectivity index (χ2n) is 6.32. The quantitative estimate of drug-likeness (QED) is 0.869. The molecule has 1 aliphatic heterocycles. The van der Waals surface area contributed by atoms with Gasteiger partial charge in [0.2, 0.25) is 0 Å². The molecule has 0 spiro atoms. The molecule has 0 atom stereocenters. The standard InChI is InChI=1S/C17H29N3O/c1-14(2)12-19-6-8-20(9-7-19)13-16-10-15(11-18)4-5-17(16)21-3/h4-5,10,14H,6-9,11-13,18H2,1-3H3. The fourth-order valence-corrected chi connectivity index (χ4v) is 2.97. The van der Waals surface area contributed by atoms with E-state index in [0.717, 1.165) is 44.4 Å². The van der Waals surface area contributed by atoms with E-state index in [0.29, 0.717) is 6.54 Å². The Morgan fingerprint density at radius 3 is 2.38 bits per heavy atom. The Bertz CT molecular complexity index is 440. The van der Waals surface area contributed by atoms with Crippen molar-refractivity contribution in [2.45, 2.75) is 26.9 Å². The summed E-state index contributed by atoms with van der Waals surface area (Å²) in [7, 11) is 1.74. The molecule has 118 valence electrons. The van der Waals surface area contributed by atoms with Gasteiger partial charge < -0.3 is 15.4 Å². The van der Waals surface area contributed by atoms with E-state index in [-0.39, 0.29) is 0 Å². The van der Waals surface area contributed by atoms with E-state index in [1.165, 1.54) is 17.7 Å². The van der Waals surface area contributed by atoms with Gasteiger partial charge >= 0.3 is 0 Å². The first-order chi connectivity index (χ1) is 10.1. The van der Waals surface area contributed by atoms with E-state index >= 15 is 0 Å². The van der Waals surface area contributed by atoms with Crippen LogP contribution in [-0.2, 0) is 13.1 Å². The van der Waals surface area contributed by atoms with E-state index in [2.05, 4.69) is 29.7 Å². The molecule has 2 rings (SSSR count). The topological polar surface area (TPSA) is 41.7 Å². The largest absolute Gasteiger partial charge is 0.496 e. The predicted molar refractivity (Wildman–Crippen MR) is 87.4 cm³/mol. The highest BCUT2D eigenvalue weighted by molar-refractivity contribution is 5.37. The van der Waals surface area contributed by atoms with E-state index in [1.807, 2.05) is 12.1 Å². The summed E-state index contributed by atoms with van der Waals surface area (Å²) in [6.07, 6.45) is 0. The van der Waals surface area contributed by atoms with Crippen molar-refractivity contribution in [2.75, 3.05) is 39.8 Å². The number of benzene rings is 1. The lowest BCUT2D eigenvalue weighted by Crippen LogP contribution is -2.46. The number of ether oxygens (including phenoxy) is 1. The maximum atomic E-state index is 5.75. The fraction of sp³-hybridized carbons (Fsp3) is 0.647. The molecule has 1 aliphatic rings. The molecule has 0 saturated carbocycles. The number of hydrogen-bond acceptors (Lipinski definition) is 4. The second-order valence-corrected chi connectivity index (χ2v) is 6.32. The smallest absolute Gasteiger partial charge is 0.123 e. The molecular weight excluding hydrogens is 262 g/mol. The highest BCUT2D eigenvalue weighted by atomic mass is 16.5. The lowest BCUT2D eigenvalue weighted by molar-refractivity contribution is 0.117. The van der Waals surface area contributed by atoms with Crippen LogP contribution in [0.4, 0.5) is 0 Å². The van der Waals surface area contributed by atoms with Crippen LogP contribution in [-0.4, -0.2) is 49.6 Å². The Morgan fingerprint density at radius 2 is 1.81 bits per heavy atom. The van der Waals surface area contributed by atoms with E-state index < -0.39 is 0 Å². The molecule has 0 radical (unpaired) electrons. The Hall–Kier alpha value is -1.10. The minimum absolute atomic E-state index is 0.583. The van der Waals surface area contributed by atoms with E-state index in [4.69, 9.17) is 10.5 Å². The predicted octanol–water partition coefficient (Wildman–Crippen LogP) is 1.93. The first kappa shape index (κ1) is 16.3. The SMILES string of the molecule is COc1ccc(CN)cc1CN1CCN(CC(C)C)CC1. The first-order valence-corrected chi connectivity index (χ1v) is 7.93. The van der Waals surface area contributed by atoms with Gasteiger partial charge in [-0.3, -0.25) is 4.90 Å². The summed E-state index contributed by atoms with van der Waals surface area (Å²) in [6.45, 7) is 11.9. The number of nitrogens with two attached hydrogens (primary N) is 1. The van der Waals surface area contributed by atoms with Crippen LogP contribution < -0.4 is 10.5 Å². The van der Waals surface area contributed by atoms with Crippen LogP contribution in [0.2, 0.25) is 0 Å². The van der Waals surface area contributed by atoms with Crippen molar-refractivity contribution in [3.8, 4) is 5.75 Å². The summed E-state index contributed by atoms with van der Waals surface area (Å²) in [6, 6.07) is 6.26. The molecule has 0 amide bonds. The monoisotopic (exact) mass is 291 g/mol. The molecule has 1 saturated heterocycles. The van der Waals surface area contributed by atoms with Gasteiger partial charge in [0.25, 0.3) is 0 Å². The number of piperazine rings is 1. The molecule has 4 heteroatoms. The molecule has 0 aromatic heterocycles. The van der Waals surface area contributed by atoms with Gasteiger partial charge in [0.15, 0.2) is 0 Å². The third-order valence-electron chi connectivity index (χ3n) is 4.06. The summed E-state index contributed by atoms with van der Waals surface area (Å²) in [4.78, 5) is 5.07. The molecular formula is C17H29N3O. The number of nitrogens with zero attached hydrogens (tertiary/aromatic N) is 2. The zero-order valence-corrected chi connectivity index (χ0v) is 13.6. The van der Waals surface area contributed by atoms with Crippen LogP contribution in [0.3, 0.4) is 0 Å². The van der Waals surface area contributed by atoms with Crippen molar-refractivity contribution < 1.29 is 4.74 Å². The molecule has 1 heterocycles. The molecule has 4 nitrogen and oxygen atoms in total.